The molecule has 0 spiro atoms. The molecule has 2 aromatic rings. The van der Waals surface area contributed by atoms with Gasteiger partial charge in [-0.25, -0.2) is 17.9 Å². The molecule has 0 aliphatic heterocycles. The van der Waals surface area contributed by atoms with Gasteiger partial charge in [-0.3, -0.25) is 0 Å². The summed E-state index contributed by atoms with van der Waals surface area (Å²) in [5.74, 6) is 0.0498. The first-order valence-corrected chi connectivity index (χ1v) is 8.87. The number of para-hydroxylation sites is 1. The van der Waals surface area contributed by atoms with E-state index in [9.17, 15) is 13.2 Å². The van der Waals surface area contributed by atoms with Crippen molar-refractivity contribution in [2.45, 2.75) is 18.4 Å². The first-order valence-electron chi connectivity index (χ1n) is 7.39. The number of hydrogen-bond donors (Lipinski definition) is 1. The van der Waals surface area contributed by atoms with Crippen LogP contribution in [0.1, 0.15) is 22.8 Å². The lowest BCUT2D eigenvalue weighted by Gasteiger charge is -2.11. The van der Waals surface area contributed by atoms with Gasteiger partial charge in [0.2, 0.25) is 10.0 Å². The topological polar surface area (TPSA) is 81.7 Å². The molecule has 0 aliphatic carbocycles. The van der Waals surface area contributed by atoms with Crippen molar-refractivity contribution in [1.29, 1.82) is 0 Å². The van der Waals surface area contributed by atoms with E-state index >= 15 is 0 Å². The molecular formula is C17H19NO5S. The van der Waals surface area contributed by atoms with E-state index in [0.29, 0.717) is 12.4 Å². The highest BCUT2D eigenvalue weighted by molar-refractivity contribution is 7.89. The van der Waals surface area contributed by atoms with Crippen LogP contribution in [-0.2, 0) is 21.4 Å². The van der Waals surface area contributed by atoms with E-state index in [1.54, 1.807) is 12.1 Å². The summed E-state index contributed by atoms with van der Waals surface area (Å²) in [6.07, 6.45) is 0. The Morgan fingerprint density at radius 3 is 2.58 bits per heavy atom. The second-order valence-corrected chi connectivity index (χ2v) is 6.74. The lowest BCUT2D eigenvalue weighted by atomic mass is 10.2. The van der Waals surface area contributed by atoms with E-state index in [2.05, 4.69) is 4.72 Å². The summed E-state index contributed by atoms with van der Waals surface area (Å²) >= 11 is 0. The Morgan fingerprint density at radius 1 is 1.12 bits per heavy atom. The number of carbonyl (C=O) groups excluding carboxylic acids is 1. The van der Waals surface area contributed by atoms with Crippen LogP contribution in [0.3, 0.4) is 0 Å². The predicted octanol–water partition coefficient (Wildman–Crippen LogP) is 2.35. The number of benzene rings is 2. The molecule has 7 heteroatoms. The molecule has 128 valence electrons. The summed E-state index contributed by atoms with van der Waals surface area (Å²) in [7, 11) is -2.30. The second kappa shape index (κ2) is 7.94. The molecule has 0 atom stereocenters. The lowest BCUT2D eigenvalue weighted by Crippen LogP contribution is -2.19. The van der Waals surface area contributed by atoms with Gasteiger partial charge in [-0.2, -0.15) is 0 Å². The van der Waals surface area contributed by atoms with Crippen molar-refractivity contribution in [3.05, 3.63) is 59.7 Å². The van der Waals surface area contributed by atoms with E-state index in [1.165, 1.54) is 31.3 Å². The number of ether oxygens (including phenoxy) is 2. The van der Waals surface area contributed by atoms with Crippen LogP contribution in [0, 0.1) is 0 Å². The van der Waals surface area contributed by atoms with Crippen molar-refractivity contribution in [3.63, 3.8) is 0 Å². The van der Waals surface area contributed by atoms with E-state index < -0.39 is 16.0 Å². The second-order valence-electron chi connectivity index (χ2n) is 4.85. The van der Waals surface area contributed by atoms with Gasteiger partial charge in [0.05, 0.1) is 17.1 Å². The largest absolute Gasteiger partial charge is 0.493 e. The Hall–Kier alpha value is -2.38. The van der Waals surface area contributed by atoms with Crippen LogP contribution in [0.15, 0.2) is 53.4 Å². The Morgan fingerprint density at radius 2 is 1.88 bits per heavy atom. The zero-order valence-electron chi connectivity index (χ0n) is 13.5. The Bertz CT molecular complexity index is 817. The summed E-state index contributed by atoms with van der Waals surface area (Å²) in [6.45, 7) is 2.42. The fourth-order valence-corrected chi connectivity index (χ4v) is 2.83. The number of nitrogens with one attached hydrogen (secondary N) is 1. The third-order valence-corrected chi connectivity index (χ3v) is 4.69. The summed E-state index contributed by atoms with van der Waals surface area (Å²) < 4.78 is 36.5. The zero-order valence-corrected chi connectivity index (χ0v) is 14.3. The minimum Gasteiger partial charge on any atom is -0.493 e. The summed E-state index contributed by atoms with van der Waals surface area (Å²) in [6, 6.07) is 13.0. The highest BCUT2D eigenvalue weighted by Crippen LogP contribution is 2.20. The van der Waals surface area contributed by atoms with E-state index in [-0.39, 0.29) is 17.1 Å². The van der Waals surface area contributed by atoms with Gasteiger partial charge < -0.3 is 9.47 Å². The molecule has 0 amide bonds. The molecule has 0 aromatic heterocycles. The van der Waals surface area contributed by atoms with Crippen LogP contribution in [0.5, 0.6) is 5.75 Å². The number of esters is 1. The minimum absolute atomic E-state index is 0.00849. The SMILES string of the molecule is CCOc1ccccc1COC(=O)c1cccc(S(=O)(=O)NC)c1. The standard InChI is InChI=1S/C17H19NO5S/c1-3-22-16-10-5-4-7-14(16)12-23-17(19)13-8-6-9-15(11-13)24(20,21)18-2/h4-11,18H,3,12H2,1-2H3. The highest BCUT2D eigenvalue weighted by atomic mass is 32.2. The van der Waals surface area contributed by atoms with Crippen LogP contribution < -0.4 is 9.46 Å². The fraction of sp³-hybridized carbons (Fsp3) is 0.235. The number of rotatable bonds is 7. The number of sulfonamides is 1. The van der Waals surface area contributed by atoms with Gasteiger partial charge in [-0.05, 0) is 38.2 Å². The maximum absolute atomic E-state index is 12.2. The smallest absolute Gasteiger partial charge is 0.338 e. The van der Waals surface area contributed by atoms with Crippen molar-refractivity contribution in [2.75, 3.05) is 13.7 Å². The van der Waals surface area contributed by atoms with Crippen molar-refractivity contribution in [3.8, 4) is 5.75 Å². The van der Waals surface area contributed by atoms with Crippen LogP contribution >= 0.6 is 0 Å². The molecule has 2 rings (SSSR count). The van der Waals surface area contributed by atoms with E-state index in [1.807, 2.05) is 19.1 Å². The van der Waals surface area contributed by atoms with Gasteiger partial charge in [0, 0.05) is 5.56 Å². The Kier molecular flexibility index (Phi) is 5.94. The molecule has 0 saturated heterocycles. The molecule has 1 N–H and O–H groups in total. The summed E-state index contributed by atoms with van der Waals surface area (Å²) in [4.78, 5) is 12.2. The Balaban J connectivity index is 2.13. The normalized spacial score (nSPS) is 11.1. The van der Waals surface area contributed by atoms with Crippen LogP contribution in [0.4, 0.5) is 0 Å². The third kappa shape index (κ3) is 4.33. The van der Waals surface area contributed by atoms with Crippen molar-refractivity contribution >= 4 is 16.0 Å². The van der Waals surface area contributed by atoms with Gasteiger partial charge in [-0.15, -0.1) is 0 Å². The highest BCUT2D eigenvalue weighted by Gasteiger charge is 2.15. The molecule has 0 bridgehead atoms. The van der Waals surface area contributed by atoms with Gasteiger partial charge in [0.15, 0.2) is 0 Å². The first kappa shape index (κ1) is 18.0. The molecule has 0 aliphatic rings. The summed E-state index contributed by atoms with van der Waals surface area (Å²) in [5, 5.41) is 0. The molecule has 0 radical (unpaired) electrons. The minimum atomic E-state index is -3.61. The summed E-state index contributed by atoms with van der Waals surface area (Å²) in [5.41, 5.74) is 0.909. The number of carbonyl (C=O) groups is 1. The number of hydrogen-bond acceptors (Lipinski definition) is 5. The quantitative estimate of drug-likeness (QED) is 0.776. The molecule has 0 unspecified atom stereocenters. The molecule has 0 fully saturated rings. The van der Waals surface area contributed by atoms with Crippen molar-refractivity contribution in [2.24, 2.45) is 0 Å². The maximum atomic E-state index is 12.2. The molecule has 24 heavy (non-hydrogen) atoms. The first-order chi connectivity index (χ1) is 11.5. The van der Waals surface area contributed by atoms with Crippen LogP contribution in [0.2, 0.25) is 0 Å². The van der Waals surface area contributed by atoms with Crippen LogP contribution in [-0.4, -0.2) is 28.0 Å². The van der Waals surface area contributed by atoms with Gasteiger partial charge >= 0.3 is 5.97 Å². The fourth-order valence-electron chi connectivity index (χ4n) is 2.05. The molecule has 0 heterocycles. The lowest BCUT2D eigenvalue weighted by molar-refractivity contribution is 0.0469. The molecule has 6 nitrogen and oxygen atoms in total. The molecular weight excluding hydrogens is 330 g/mol. The molecule has 0 saturated carbocycles. The van der Waals surface area contributed by atoms with Crippen molar-refractivity contribution in [1.82, 2.24) is 4.72 Å². The predicted molar refractivity (Wildman–Crippen MR) is 89.4 cm³/mol. The zero-order chi connectivity index (χ0) is 17.6. The van der Waals surface area contributed by atoms with Gasteiger partial charge in [0.25, 0.3) is 0 Å². The monoisotopic (exact) mass is 349 g/mol. The maximum Gasteiger partial charge on any atom is 0.338 e. The van der Waals surface area contributed by atoms with E-state index in [0.717, 1.165) is 5.56 Å². The van der Waals surface area contributed by atoms with E-state index in [4.69, 9.17) is 9.47 Å². The van der Waals surface area contributed by atoms with Gasteiger partial charge in [-0.1, -0.05) is 24.3 Å². The van der Waals surface area contributed by atoms with Crippen LogP contribution in [0.25, 0.3) is 0 Å². The van der Waals surface area contributed by atoms with Gasteiger partial charge in [0.1, 0.15) is 12.4 Å². The Labute approximate surface area is 141 Å². The third-order valence-electron chi connectivity index (χ3n) is 3.28. The molecule has 2 aromatic carbocycles. The van der Waals surface area contributed by atoms with Crippen molar-refractivity contribution < 1.29 is 22.7 Å². The average Bonchev–Trinajstić information content (AvgIpc) is 2.61. The average molecular weight is 349 g/mol.